The zero-order valence-electron chi connectivity index (χ0n) is 13.1. The SMILES string of the molecule is COc1ccc(C(=O)OCC(=O)N(CCC#N)CCC#N)cc1F. The Balaban J connectivity index is 2.63. The van der Waals surface area contributed by atoms with Crippen molar-refractivity contribution in [2.24, 2.45) is 0 Å². The smallest absolute Gasteiger partial charge is 0.338 e. The van der Waals surface area contributed by atoms with E-state index >= 15 is 0 Å². The zero-order valence-corrected chi connectivity index (χ0v) is 13.1. The van der Waals surface area contributed by atoms with Crippen molar-refractivity contribution < 1.29 is 23.5 Å². The van der Waals surface area contributed by atoms with Gasteiger partial charge in [0.05, 0.1) is 37.7 Å². The molecular formula is C16H16FN3O4. The summed E-state index contributed by atoms with van der Waals surface area (Å²) in [5.74, 6) is -2.11. The van der Waals surface area contributed by atoms with Crippen LogP contribution in [0.3, 0.4) is 0 Å². The minimum atomic E-state index is -0.856. The van der Waals surface area contributed by atoms with Crippen molar-refractivity contribution >= 4 is 11.9 Å². The maximum atomic E-state index is 13.5. The van der Waals surface area contributed by atoms with E-state index in [0.717, 1.165) is 6.07 Å². The van der Waals surface area contributed by atoms with Gasteiger partial charge in [0.2, 0.25) is 0 Å². The molecule has 0 saturated heterocycles. The maximum Gasteiger partial charge on any atom is 0.338 e. The number of esters is 1. The lowest BCUT2D eigenvalue weighted by Gasteiger charge is -2.20. The summed E-state index contributed by atoms with van der Waals surface area (Å²) < 4.78 is 23.1. The topological polar surface area (TPSA) is 103 Å². The van der Waals surface area contributed by atoms with E-state index in [4.69, 9.17) is 20.0 Å². The van der Waals surface area contributed by atoms with Crippen molar-refractivity contribution in [3.63, 3.8) is 0 Å². The molecule has 0 spiro atoms. The fourth-order valence-electron chi connectivity index (χ4n) is 1.83. The standard InChI is InChI=1S/C16H16FN3O4/c1-23-14-5-4-12(10-13(14)17)16(22)24-11-15(21)20(8-2-6-18)9-3-7-19/h4-5,10H,2-3,8-9,11H2,1H3. The van der Waals surface area contributed by atoms with E-state index in [9.17, 15) is 14.0 Å². The monoisotopic (exact) mass is 333 g/mol. The molecule has 0 N–H and O–H groups in total. The molecule has 1 aromatic rings. The number of halogens is 1. The lowest BCUT2D eigenvalue weighted by molar-refractivity contribution is -0.134. The molecule has 0 heterocycles. The van der Waals surface area contributed by atoms with Crippen LogP contribution >= 0.6 is 0 Å². The number of hydrogen-bond acceptors (Lipinski definition) is 6. The van der Waals surface area contributed by atoms with Crippen LogP contribution in [0.15, 0.2) is 18.2 Å². The van der Waals surface area contributed by atoms with Crippen LogP contribution in [-0.2, 0) is 9.53 Å². The van der Waals surface area contributed by atoms with Crippen LogP contribution in [0.5, 0.6) is 5.75 Å². The molecule has 126 valence electrons. The molecule has 0 fully saturated rings. The van der Waals surface area contributed by atoms with Crippen LogP contribution in [0, 0.1) is 28.5 Å². The summed E-state index contributed by atoms with van der Waals surface area (Å²) in [4.78, 5) is 25.1. The van der Waals surface area contributed by atoms with Gasteiger partial charge in [-0.2, -0.15) is 10.5 Å². The molecule has 0 saturated carbocycles. The van der Waals surface area contributed by atoms with Crippen LogP contribution < -0.4 is 4.74 Å². The first-order valence-corrected chi connectivity index (χ1v) is 7.05. The predicted octanol–water partition coefficient (Wildman–Crippen LogP) is 1.65. The highest BCUT2D eigenvalue weighted by atomic mass is 19.1. The predicted molar refractivity (Wildman–Crippen MR) is 80.3 cm³/mol. The molecule has 0 bridgehead atoms. The molecule has 1 aromatic carbocycles. The molecule has 0 unspecified atom stereocenters. The Morgan fingerprint density at radius 3 is 2.33 bits per heavy atom. The molecule has 0 aliphatic heterocycles. The molecule has 1 amide bonds. The first kappa shape index (κ1) is 18.9. The normalized spacial score (nSPS) is 9.50. The maximum absolute atomic E-state index is 13.5. The van der Waals surface area contributed by atoms with Crippen molar-refractivity contribution in [1.82, 2.24) is 4.90 Å². The Labute approximate surface area is 138 Å². The van der Waals surface area contributed by atoms with Crippen molar-refractivity contribution in [3.8, 4) is 17.9 Å². The second-order valence-electron chi connectivity index (χ2n) is 4.62. The fraction of sp³-hybridized carbons (Fsp3) is 0.375. The largest absolute Gasteiger partial charge is 0.494 e. The van der Waals surface area contributed by atoms with Gasteiger partial charge in [-0.1, -0.05) is 0 Å². The third-order valence-corrected chi connectivity index (χ3v) is 3.05. The minimum Gasteiger partial charge on any atom is -0.494 e. The number of nitriles is 2. The fourth-order valence-corrected chi connectivity index (χ4v) is 1.83. The van der Waals surface area contributed by atoms with Gasteiger partial charge in [0, 0.05) is 13.1 Å². The molecule has 7 nitrogen and oxygen atoms in total. The summed E-state index contributed by atoms with van der Waals surface area (Å²) in [5, 5.41) is 17.1. The van der Waals surface area contributed by atoms with E-state index in [1.54, 1.807) is 0 Å². The van der Waals surface area contributed by atoms with Crippen molar-refractivity contribution in [2.45, 2.75) is 12.8 Å². The Kier molecular flexibility index (Phi) is 7.72. The number of carbonyl (C=O) groups is 2. The summed E-state index contributed by atoms with van der Waals surface area (Å²) in [5.41, 5.74) is -0.0540. The number of carbonyl (C=O) groups excluding carboxylic acids is 2. The van der Waals surface area contributed by atoms with Gasteiger partial charge >= 0.3 is 5.97 Å². The van der Waals surface area contributed by atoms with E-state index in [2.05, 4.69) is 0 Å². The summed E-state index contributed by atoms with van der Waals surface area (Å²) >= 11 is 0. The molecule has 0 aliphatic rings. The molecular weight excluding hydrogens is 317 g/mol. The number of ether oxygens (including phenoxy) is 2. The van der Waals surface area contributed by atoms with Gasteiger partial charge in [0.1, 0.15) is 0 Å². The van der Waals surface area contributed by atoms with Crippen LogP contribution in [0.1, 0.15) is 23.2 Å². The van der Waals surface area contributed by atoms with E-state index in [0.29, 0.717) is 0 Å². The minimum absolute atomic E-state index is 0.0122. The van der Waals surface area contributed by atoms with E-state index in [-0.39, 0.29) is 37.2 Å². The van der Waals surface area contributed by atoms with Crippen molar-refractivity contribution in [3.05, 3.63) is 29.6 Å². The molecule has 1 rings (SSSR count). The third-order valence-electron chi connectivity index (χ3n) is 3.05. The molecule has 0 aromatic heterocycles. The summed E-state index contributed by atoms with van der Waals surface area (Å²) in [6.45, 7) is -0.263. The number of amides is 1. The number of methoxy groups -OCH3 is 1. The second kappa shape index (κ2) is 9.80. The van der Waals surface area contributed by atoms with Gasteiger partial charge in [-0.15, -0.1) is 0 Å². The van der Waals surface area contributed by atoms with Gasteiger partial charge in [0.25, 0.3) is 5.91 Å². The second-order valence-corrected chi connectivity index (χ2v) is 4.62. The van der Waals surface area contributed by atoms with Crippen molar-refractivity contribution in [2.75, 3.05) is 26.8 Å². The number of nitrogens with zero attached hydrogens (tertiary/aromatic N) is 3. The van der Waals surface area contributed by atoms with Crippen LogP contribution in [-0.4, -0.2) is 43.6 Å². The summed E-state index contributed by atoms with van der Waals surface area (Å²) in [7, 11) is 1.30. The van der Waals surface area contributed by atoms with Crippen LogP contribution in [0.4, 0.5) is 4.39 Å². The van der Waals surface area contributed by atoms with E-state index in [1.807, 2.05) is 12.1 Å². The Hall–Kier alpha value is -3.13. The van der Waals surface area contributed by atoms with Gasteiger partial charge in [0.15, 0.2) is 18.2 Å². The first-order chi connectivity index (χ1) is 11.5. The van der Waals surface area contributed by atoms with Gasteiger partial charge in [-0.05, 0) is 18.2 Å². The molecule has 0 atom stereocenters. The molecule has 0 aliphatic carbocycles. The van der Waals surface area contributed by atoms with Crippen molar-refractivity contribution in [1.29, 1.82) is 10.5 Å². The van der Waals surface area contributed by atoms with E-state index in [1.165, 1.54) is 24.1 Å². The Morgan fingerprint density at radius 2 is 1.83 bits per heavy atom. The quantitative estimate of drug-likeness (QED) is 0.670. The highest BCUT2D eigenvalue weighted by Crippen LogP contribution is 2.18. The average molecular weight is 333 g/mol. The van der Waals surface area contributed by atoms with Gasteiger partial charge in [-0.3, -0.25) is 4.79 Å². The Morgan fingerprint density at radius 1 is 1.21 bits per heavy atom. The van der Waals surface area contributed by atoms with E-state index < -0.39 is 24.3 Å². The van der Waals surface area contributed by atoms with Crippen LogP contribution in [0.25, 0.3) is 0 Å². The lowest BCUT2D eigenvalue weighted by Crippen LogP contribution is -2.36. The number of benzene rings is 1. The lowest BCUT2D eigenvalue weighted by atomic mass is 10.2. The zero-order chi connectivity index (χ0) is 17.9. The molecule has 24 heavy (non-hydrogen) atoms. The average Bonchev–Trinajstić information content (AvgIpc) is 2.59. The third kappa shape index (κ3) is 5.58. The molecule has 0 radical (unpaired) electrons. The van der Waals surface area contributed by atoms with Gasteiger partial charge < -0.3 is 14.4 Å². The van der Waals surface area contributed by atoms with Crippen LogP contribution in [0.2, 0.25) is 0 Å². The summed E-state index contributed by atoms with van der Waals surface area (Å²) in [6, 6.07) is 7.35. The first-order valence-electron chi connectivity index (χ1n) is 7.05. The van der Waals surface area contributed by atoms with Gasteiger partial charge in [-0.25, -0.2) is 9.18 Å². The molecule has 8 heteroatoms. The number of hydrogen-bond donors (Lipinski definition) is 0. The Bertz CT molecular complexity index is 661. The highest BCUT2D eigenvalue weighted by Gasteiger charge is 2.17. The number of rotatable bonds is 8. The summed E-state index contributed by atoms with van der Waals surface area (Å²) in [6.07, 6.45) is 0.212. The highest BCUT2D eigenvalue weighted by molar-refractivity contribution is 5.91.